The van der Waals surface area contributed by atoms with Crippen molar-refractivity contribution in [3.63, 3.8) is 0 Å². The molecule has 0 unspecified atom stereocenters. The van der Waals surface area contributed by atoms with Crippen LogP contribution in [0.1, 0.15) is 52.8 Å². The number of rotatable bonds is 4. The van der Waals surface area contributed by atoms with Gasteiger partial charge in [-0.1, -0.05) is 20.8 Å². The number of hydrogen-bond acceptors (Lipinski definition) is 4. The quantitative estimate of drug-likeness (QED) is 0.926. The summed E-state index contributed by atoms with van der Waals surface area (Å²) in [6.07, 6.45) is 0.149. The van der Waals surface area contributed by atoms with Crippen LogP contribution in [0, 0.1) is 0 Å². The van der Waals surface area contributed by atoms with Gasteiger partial charge >= 0.3 is 0 Å². The number of aromatic nitrogens is 1. The van der Waals surface area contributed by atoms with Crippen LogP contribution in [0.15, 0.2) is 12.1 Å². The lowest BCUT2D eigenvalue weighted by molar-refractivity contribution is -0.0814. The molecule has 0 atom stereocenters. The third-order valence-electron chi connectivity index (χ3n) is 3.35. The molecule has 0 radical (unpaired) electrons. The summed E-state index contributed by atoms with van der Waals surface area (Å²) in [6.45, 7) is 15.2. The summed E-state index contributed by atoms with van der Waals surface area (Å²) in [4.78, 5) is 4.67. The van der Waals surface area contributed by atoms with Crippen LogP contribution in [0.4, 0.5) is 0 Å². The molecular formula is C17H28N2O2. The fourth-order valence-corrected chi connectivity index (χ4v) is 1.93. The molecule has 0 saturated carbocycles. The average Bonchev–Trinajstić information content (AvgIpc) is 2.29. The second kappa shape index (κ2) is 5.93. The van der Waals surface area contributed by atoms with E-state index in [4.69, 9.17) is 9.47 Å². The largest absolute Gasteiger partial charge is 0.469 e. The van der Waals surface area contributed by atoms with Crippen molar-refractivity contribution in [2.45, 2.75) is 65.1 Å². The standard InChI is InChI=1S/C17H28N2O2/c1-16(2,3)14-7-12(9-18-17(4,5)6)8-15(19-14)21-13-10-20-11-13/h7-8,13,18H,9-11H2,1-6H3. The minimum atomic E-state index is 0.00592. The second-order valence-corrected chi connectivity index (χ2v) is 7.83. The van der Waals surface area contributed by atoms with E-state index in [0.29, 0.717) is 19.1 Å². The molecule has 1 aliphatic heterocycles. The SMILES string of the molecule is CC(C)(C)NCc1cc(OC2COC2)nc(C(C)(C)C)c1. The van der Waals surface area contributed by atoms with E-state index < -0.39 is 0 Å². The van der Waals surface area contributed by atoms with Crippen molar-refractivity contribution in [1.29, 1.82) is 0 Å². The van der Waals surface area contributed by atoms with Crippen LogP contribution in [-0.2, 0) is 16.7 Å². The Labute approximate surface area is 128 Å². The predicted molar refractivity (Wildman–Crippen MR) is 84.8 cm³/mol. The van der Waals surface area contributed by atoms with E-state index in [-0.39, 0.29) is 17.1 Å². The Kier molecular flexibility index (Phi) is 4.59. The minimum absolute atomic E-state index is 0.00592. The van der Waals surface area contributed by atoms with Gasteiger partial charge in [0.15, 0.2) is 0 Å². The lowest BCUT2D eigenvalue weighted by atomic mass is 9.90. The molecule has 0 aromatic carbocycles. The highest BCUT2D eigenvalue weighted by molar-refractivity contribution is 5.29. The Morgan fingerprint density at radius 1 is 1.19 bits per heavy atom. The maximum absolute atomic E-state index is 5.89. The Morgan fingerprint density at radius 3 is 2.33 bits per heavy atom. The summed E-state index contributed by atoms with van der Waals surface area (Å²) < 4.78 is 11.1. The normalized spacial score (nSPS) is 16.7. The van der Waals surface area contributed by atoms with Gasteiger partial charge < -0.3 is 14.8 Å². The fraction of sp³-hybridized carbons (Fsp3) is 0.706. The molecule has 1 aromatic rings. The van der Waals surface area contributed by atoms with E-state index in [1.165, 1.54) is 5.56 Å². The molecule has 2 heterocycles. The Morgan fingerprint density at radius 2 is 1.86 bits per heavy atom. The Bertz CT molecular complexity index is 483. The summed E-state index contributed by atoms with van der Waals surface area (Å²) in [6, 6.07) is 4.20. The predicted octanol–water partition coefficient (Wildman–Crippen LogP) is 3.04. The van der Waals surface area contributed by atoms with Crippen molar-refractivity contribution in [3.8, 4) is 5.88 Å². The van der Waals surface area contributed by atoms with Gasteiger partial charge in [0.2, 0.25) is 5.88 Å². The van der Waals surface area contributed by atoms with Crippen molar-refractivity contribution in [2.24, 2.45) is 0 Å². The first-order valence-electron chi connectivity index (χ1n) is 7.64. The number of nitrogens with one attached hydrogen (secondary N) is 1. The molecule has 0 spiro atoms. The maximum Gasteiger partial charge on any atom is 0.214 e. The molecule has 0 amide bonds. The van der Waals surface area contributed by atoms with Crippen molar-refractivity contribution >= 4 is 0 Å². The molecule has 1 aromatic heterocycles. The zero-order chi connectivity index (χ0) is 15.7. The van der Waals surface area contributed by atoms with Crippen molar-refractivity contribution in [3.05, 3.63) is 23.4 Å². The molecular weight excluding hydrogens is 264 g/mol. The molecule has 0 bridgehead atoms. The summed E-state index contributed by atoms with van der Waals surface area (Å²) >= 11 is 0. The summed E-state index contributed by atoms with van der Waals surface area (Å²) in [7, 11) is 0. The molecule has 2 rings (SSSR count). The monoisotopic (exact) mass is 292 g/mol. The number of ether oxygens (including phenoxy) is 2. The number of pyridine rings is 1. The van der Waals surface area contributed by atoms with Gasteiger partial charge in [0.1, 0.15) is 6.10 Å². The van der Waals surface area contributed by atoms with Gasteiger partial charge in [0, 0.05) is 23.6 Å². The Balaban J connectivity index is 2.19. The van der Waals surface area contributed by atoms with E-state index in [2.05, 4.69) is 57.9 Å². The molecule has 4 heteroatoms. The first-order valence-corrected chi connectivity index (χ1v) is 7.64. The van der Waals surface area contributed by atoms with Crippen LogP contribution in [0.3, 0.4) is 0 Å². The third-order valence-corrected chi connectivity index (χ3v) is 3.35. The van der Waals surface area contributed by atoms with E-state index >= 15 is 0 Å². The van der Waals surface area contributed by atoms with Crippen LogP contribution < -0.4 is 10.1 Å². The van der Waals surface area contributed by atoms with Gasteiger partial charge in [0.05, 0.1) is 18.9 Å². The number of hydrogen-bond donors (Lipinski definition) is 1. The molecule has 21 heavy (non-hydrogen) atoms. The van der Waals surface area contributed by atoms with Gasteiger partial charge in [0.25, 0.3) is 0 Å². The van der Waals surface area contributed by atoms with Crippen molar-refractivity contribution < 1.29 is 9.47 Å². The van der Waals surface area contributed by atoms with Gasteiger partial charge in [-0.05, 0) is 32.4 Å². The van der Waals surface area contributed by atoms with Crippen molar-refractivity contribution in [2.75, 3.05) is 13.2 Å². The van der Waals surface area contributed by atoms with Crippen molar-refractivity contribution in [1.82, 2.24) is 10.3 Å². The van der Waals surface area contributed by atoms with E-state index in [9.17, 15) is 0 Å². The average molecular weight is 292 g/mol. The van der Waals surface area contributed by atoms with Gasteiger partial charge in [-0.15, -0.1) is 0 Å². The topological polar surface area (TPSA) is 43.4 Å². The number of nitrogens with zero attached hydrogens (tertiary/aromatic N) is 1. The van der Waals surface area contributed by atoms with Gasteiger partial charge in [-0.3, -0.25) is 0 Å². The highest BCUT2D eigenvalue weighted by atomic mass is 16.6. The minimum Gasteiger partial charge on any atom is -0.469 e. The molecule has 1 fully saturated rings. The van der Waals surface area contributed by atoms with Gasteiger partial charge in [-0.25, -0.2) is 4.98 Å². The first kappa shape index (κ1) is 16.2. The Hall–Kier alpha value is -1.13. The van der Waals surface area contributed by atoms with Crippen LogP contribution in [-0.4, -0.2) is 29.8 Å². The van der Waals surface area contributed by atoms with Crippen LogP contribution in [0.25, 0.3) is 0 Å². The lowest BCUT2D eigenvalue weighted by Crippen LogP contribution is -2.39. The van der Waals surface area contributed by atoms with Crippen LogP contribution >= 0.6 is 0 Å². The smallest absolute Gasteiger partial charge is 0.214 e. The molecule has 0 aliphatic carbocycles. The second-order valence-electron chi connectivity index (χ2n) is 7.83. The van der Waals surface area contributed by atoms with Gasteiger partial charge in [-0.2, -0.15) is 0 Å². The third kappa shape index (κ3) is 4.97. The molecule has 1 N–H and O–H groups in total. The summed E-state index contributed by atoms with van der Waals surface area (Å²) in [5.74, 6) is 0.710. The summed E-state index contributed by atoms with van der Waals surface area (Å²) in [5.41, 5.74) is 2.37. The highest BCUT2D eigenvalue weighted by Crippen LogP contribution is 2.25. The van der Waals surface area contributed by atoms with E-state index in [1.54, 1.807) is 0 Å². The molecule has 1 aliphatic rings. The first-order chi connectivity index (χ1) is 9.63. The molecule has 4 nitrogen and oxygen atoms in total. The maximum atomic E-state index is 5.89. The van der Waals surface area contributed by atoms with E-state index in [0.717, 1.165) is 12.2 Å². The zero-order valence-corrected chi connectivity index (χ0v) is 14.1. The molecule has 1 saturated heterocycles. The van der Waals surface area contributed by atoms with Crippen LogP contribution in [0.5, 0.6) is 5.88 Å². The van der Waals surface area contributed by atoms with Crippen LogP contribution in [0.2, 0.25) is 0 Å². The molecule has 118 valence electrons. The highest BCUT2D eigenvalue weighted by Gasteiger charge is 2.23. The zero-order valence-electron chi connectivity index (χ0n) is 14.1. The summed E-state index contributed by atoms with van der Waals surface area (Å²) in [5, 5.41) is 3.52. The van der Waals surface area contributed by atoms with E-state index in [1.807, 2.05) is 6.07 Å². The lowest BCUT2D eigenvalue weighted by Gasteiger charge is -2.28. The fourth-order valence-electron chi connectivity index (χ4n) is 1.93.